The number of morpholine rings is 1. The molecular formula is C13H24N2O4. The van der Waals surface area contributed by atoms with Gasteiger partial charge in [-0.2, -0.15) is 0 Å². The number of hydrogen-bond donors (Lipinski definition) is 0. The summed E-state index contributed by atoms with van der Waals surface area (Å²) in [4.78, 5) is 13.6. The van der Waals surface area contributed by atoms with Gasteiger partial charge in [-0.1, -0.05) is 6.92 Å². The molecule has 6 nitrogen and oxygen atoms in total. The van der Waals surface area contributed by atoms with Gasteiger partial charge in [-0.3, -0.25) is 4.48 Å². The lowest BCUT2D eigenvalue weighted by atomic mass is 10.2. The van der Waals surface area contributed by atoms with Gasteiger partial charge in [-0.25, -0.2) is 4.99 Å². The van der Waals surface area contributed by atoms with Crippen LogP contribution in [0.15, 0.2) is 4.99 Å². The maximum Gasteiger partial charge on any atom is 0.198 e. The lowest BCUT2D eigenvalue weighted by Crippen LogP contribution is -2.60. The summed E-state index contributed by atoms with van der Waals surface area (Å²) in [5, 5.41) is 8.89. The smallest absolute Gasteiger partial charge is 0.198 e. The van der Waals surface area contributed by atoms with Gasteiger partial charge >= 0.3 is 0 Å². The predicted octanol–water partition coefficient (Wildman–Crippen LogP) is -0.572. The second kappa shape index (κ2) is 8.24. The molecule has 0 aromatic rings. The van der Waals surface area contributed by atoms with Gasteiger partial charge in [0.05, 0.1) is 33.0 Å². The molecule has 0 unspecified atom stereocenters. The zero-order chi connectivity index (χ0) is 14.1. The molecule has 19 heavy (non-hydrogen) atoms. The fourth-order valence-electron chi connectivity index (χ4n) is 2.48. The number of amidine groups is 1. The number of hydrogen-bond acceptors (Lipinski definition) is 5. The monoisotopic (exact) mass is 272 g/mol. The van der Waals surface area contributed by atoms with Gasteiger partial charge in [0, 0.05) is 12.4 Å². The molecule has 2 heterocycles. The average Bonchev–Trinajstić information content (AvgIpc) is 2.36. The van der Waals surface area contributed by atoms with Crippen molar-refractivity contribution in [3.8, 4) is 0 Å². The van der Waals surface area contributed by atoms with Gasteiger partial charge in [0.15, 0.2) is 5.84 Å². The van der Waals surface area contributed by atoms with Crippen LogP contribution < -0.4 is 5.11 Å². The SMILES string of the molecule is CC(=O)[O-].CC/C1=N/CCOCC[N+]12CCOCC2. The Hall–Kier alpha value is -0.980. The summed E-state index contributed by atoms with van der Waals surface area (Å²) in [5.41, 5.74) is 0. The topological polar surface area (TPSA) is 71.0 Å². The maximum absolute atomic E-state index is 8.89. The first-order valence-corrected chi connectivity index (χ1v) is 6.84. The van der Waals surface area contributed by atoms with Crippen LogP contribution in [0.5, 0.6) is 0 Å². The molecule has 2 aliphatic rings. The molecule has 0 N–H and O–H groups in total. The molecule has 0 saturated carbocycles. The van der Waals surface area contributed by atoms with Crippen molar-refractivity contribution in [3.05, 3.63) is 0 Å². The van der Waals surface area contributed by atoms with Crippen LogP contribution in [0.2, 0.25) is 0 Å². The predicted molar refractivity (Wildman–Crippen MR) is 69.8 cm³/mol. The number of carbonyl (C=O) groups excluding carboxylic acids is 1. The van der Waals surface area contributed by atoms with Gasteiger partial charge in [-0.05, 0) is 6.92 Å². The van der Waals surface area contributed by atoms with E-state index >= 15 is 0 Å². The van der Waals surface area contributed by atoms with Crippen molar-refractivity contribution in [2.45, 2.75) is 20.3 Å². The summed E-state index contributed by atoms with van der Waals surface area (Å²) in [6.07, 6.45) is 1.06. The Morgan fingerprint density at radius 3 is 2.16 bits per heavy atom. The number of aliphatic imine (C=N–C) groups is 1. The molecule has 6 heteroatoms. The van der Waals surface area contributed by atoms with Crippen LogP contribution in [-0.4, -0.2) is 68.9 Å². The van der Waals surface area contributed by atoms with Crippen LogP contribution in [0.4, 0.5) is 0 Å². The molecule has 1 spiro atoms. The molecule has 0 aromatic heterocycles. The first kappa shape index (κ1) is 16.1. The Morgan fingerprint density at radius 2 is 1.68 bits per heavy atom. The molecular weight excluding hydrogens is 248 g/mol. The molecule has 0 bridgehead atoms. The molecule has 1 fully saturated rings. The van der Waals surface area contributed by atoms with Crippen molar-refractivity contribution in [2.24, 2.45) is 4.99 Å². The van der Waals surface area contributed by atoms with E-state index in [4.69, 9.17) is 19.4 Å². The zero-order valence-electron chi connectivity index (χ0n) is 11.9. The fraction of sp³-hybridized carbons (Fsp3) is 0.846. The lowest BCUT2D eigenvalue weighted by Gasteiger charge is -2.41. The number of quaternary nitrogens is 1. The van der Waals surface area contributed by atoms with E-state index < -0.39 is 5.97 Å². The third kappa shape index (κ3) is 5.26. The Bertz CT molecular complexity index is 308. The Balaban J connectivity index is 0.000000399. The molecule has 2 aliphatic heterocycles. The Labute approximate surface area is 114 Å². The second-order valence-corrected chi connectivity index (χ2v) is 4.68. The molecule has 0 amide bonds. The minimum absolute atomic E-state index is 0.778. The normalized spacial score (nSPS) is 25.3. The standard InChI is InChI=1S/C11H21N2O2.C2H4O2/c1-2-11-12-3-7-14-8-4-13(11)5-9-15-10-6-13;1-2(3)4/h2-10H2,1H3;1H3,(H,3,4)/q+1;/p-1/b12-11-;. The summed E-state index contributed by atoms with van der Waals surface area (Å²) >= 11 is 0. The number of carbonyl (C=O) groups is 1. The number of nitrogens with zero attached hydrogens (tertiary/aromatic N) is 2. The molecule has 1 saturated heterocycles. The minimum atomic E-state index is -1.08. The van der Waals surface area contributed by atoms with Crippen LogP contribution in [0, 0.1) is 0 Å². The largest absolute Gasteiger partial charge is 0.550 e. The Morgan fingerprint density at radius 1 is 1.21 bits per heavy atom. The van der Waals surface area contributed by atoms with E-state index in [1.54, 1.807) is 0 Å². The van der Waals surface area contributed by atoms with E-state index in [-0.39, 0.29) is 0 Å². The van der Waals surface area contributed by atoms with Crippen LogP contribution in [-0.2, 0) is 14.3 Å². The summed E-state index contributed by atoms with van der Waals surface area (Å²) < 4.78 is 12.0. The van der Waals surface area contributed by atoms with E-state index in [9.17, 15) is 0 Å². The van der Waals surface area contributed by atoms with Crippen molar-refractivity contribution in [1.82, 2.24) is 0 Å². The summed E-state index contributed by atoms with van der Waals surface area (Å²) in [6.45, 7) is 10.6. The Kier molecular flexibility index (Phi) is 6.97. The van der Waals surface area contributed by atoms with E-state index in [0.29, 0.717) is 0 Å². The highest BCUT2D eigenvalue weighted by molar-refractivity contribution is 5.75. The third-order valence-corrected chi connectivity index (χ3v) is 3.38. The second-order valence-electron chi connectivity index (χ2n) is 4.68. The third-order valence-electron chi connectivity index (χ3n) is 3.38. The lowest BCUT2D eigenvalue weighted by molar-refractivity contribution is -0.853. The van der Waals surface area contributed by atoms with Crippen molar-refractivity contribution < 1.29 is 23.9 Å². The highest BCUT2D eigenvalue weighted by atomic mass is 16.5. The van der Waals surface area contributed by atoms with Crippen molar-refractivity contribution in [2.75, 3.05) is 52.6 Å². The fourth-order valence-corrected chi connectivity index (χ4v) is 2.48. The molecule has 0 aromatic carbocycles. The van der Waals surface area contributed by atoms with Crippen LogP contribution in [0.3, 0.4) is 0 Å². The van der Waals surface area contributed by atoms with Gasteiger partial charge in [0.25, 0.3) is 0 Å². The van der Waals surface area contributed by atoms with Gasteiger partial charge < -0.3 is 19.4 Å². The van der Waals surface area contributed by atoms with Gasteiger partial charge in [0.2, 0.25) is 0 Å². The number of ether oxygens (including phenoxy) is 2. The van der Waals surface area contributed by atoms with E-state index in [0.717, 1.165) is 70.4 Å². The van der Waals surface area contributed by atoms with E-state index in [2.05, 4.69) is 11.9 Å². The molecule has 0 atom stereocenters. The minimum Gasteiger partial charge on any atom is -0.550 e. The quantitative estimate of drug-likeness (QED) is 0.599. The summed E-state index contributed by atoms with van der Waals surface area (Å²) in [5.74, 6) is 0.265. The first-order chi connectivity index (χ1) is 9.10. The van der Waals surface area contributed by atoms with Crippen molar-refractivity contribution in [3.63, 3.8) is 0 Å². The maximum atomic E-state index is 8.89. The first-order valence-electron chi connectivity index (χ1n) is 6.84. The highest BCUT2D eigenvalue weighted by Crippen LogP contribution is 2.16. The highest BCUT2D eigenvalue weighted by Gasteiger charge is 2.35. The number of aliphatic carboxylic acids is 1. The number of carboxylic acids is 1. The van der Waals surface area contributed by atoms with Crippen molar-refractivity contribution >= 4 is 11.8 Å². The van der Waals surface area contributed by atoms with E-state index in [1.165, 1.54) is 5.84 Å². The average molecular weight is 272 g/mol. The zero-order valence-corrected chi connectivity index (χ0v) is 11.9. The van der Waals surface area contributed by atoms with Crippen LogP contribution in [0.1, 0.15) is 20.3 Å². The van der Waals surface area contributed by atoms with Crippen LogP contribution in [0.25, 0.3) is 0 Å². The van der Waals surface area contributed by atoms with Gasteiger partial charge in [-0.15, -0.1) is 0 Å². The van der Waals surface area contributed by atoms with E-state index in [1.807, 2.05) is 0 Å². The molecule has 0 radical (unpaired) electrons. The van der Waals surface area contributed by atoms with Crippen LogP contribution >= 0.6 is 0 Å². The number of carboxylic acid groups (broad SMARTS) is 1. The molecule has 110 valence electrons. The molecule has 0 aliphatic carbocycles. The van der Waals surface area contributed by atoms with Gasteiger partial charge in [0.1, 0.15) is 19.6 Å². The summed E-state index contributed by atoms with van der Waals surface area (Å²) in [6, 6.07) is 0. The molecule has 2 rings (SSSR count). The summed E-state index contributed by atoms with van der Waals surface area (Å²) in [7, 11) is 0. The number of rotatable bonds is 1. The van der Waals surface area contributed by atoms with Crippen molar-refractivity contribution in [1.29, 1.82) is 0 Å².